The van der Waals surface area contributed by atoms with Gasteiger partial charge >= 0.3 is 0 Å². The monoisotopic (exact) mass is 445 g/mol. The maximum atomic E-state index is 6.36. The Morgan fingerprint density at radius 2 is 1.39 bits per heavy atom. The average molecular weight is 446 g/mol. The van der Waals surface area contributed by atoms with Crippen LogP contribution in [0.3, 0.4) is 0 Å². The Morgan fingerprint density at radius 1 is 0.788 bits per heavy atom. The summed E-state index contributed by atoms with van der Waals surface area (Å²) in [4.78, 5) is 4.62. The van der Waals surface area contributed by atoms with E-state index in [0.717, 1.165) is 17.7 Å². The summed E-state index contributed by atoms with van der Waals surface area (Å²) in [6.45, 7) is 23.4. The van der Waals surface area contributed by atoms with E-state index in [4.69, 9.17) is 4.74 Å². The largest absolute Gasteiger partial charge is 0.489 e. The smallest absolute Gasteiger partial charge is 0.120 e. The van der Waals surface area contributed by atoms with Crippen molar-refractivity contribution in [3.05, 3.63) is 70.9 Å². The molecule has 33 heavy (non-hydrogen) atoms. The number of fused-ring (bicyclic) bond motifs is 1. The van der Waals surface area contributed by atoms with Crippen molar-refractivity contribution in [2.24, 2.45) is 5.41 Å². The van der Waals surface area contributed by atoms with E-state index in [1.165, 1.54) is 27.6 Å². The maximum absolute atomic E-state index is 6.36. The fourth-order valence-electron chi connectivity index (χ4n) is 4.65. The van der Waals surface area contributed by atoms with Crippen molar-refractivity contribution in [3.8, 4) is 5.75 Å². The summed E-state index contributed by atoms with van der Waals surface area (Å²) in [6.07, 6.45) is 3.04. The maximum Gasteiger partial charge on any atom is 0.120 e. The second-order valence-corrected chi connectivity index (χ2v) is 12.6. The summed E-state index contributed by atoms with van der Waals surface area (Å²) in [5, 5.41) is 1.20. The number of nitrogens with zero attached hydrogens (tertiary/aromatic N) is 1. The van der Waals surface area contributed by atoms with E-state index in [2.05, 4.69) is 117 Å². The Hall–Kier alpha value is -2.35. The number of hydrogen-bond donors (Lipinski definition) is 0. The van der Waals surface area contributed by atoms with Crippen LogP contribution < -0.4 is 4.74 Å². The quantitative estimate of drug-likeness (QED) is 0.391. The van der Waals surface area contributed by atoms with Gasteiger partial charge in [-0.2, -0.15) is 0 Å². The molecule has 0 N–H and O–H groups in total. The molecule has 0 saturated heterocycles. The standard InChI is InChI=1S/C31H43NO/c1-11-27(31(8,9)10)25-14-15-32-28-13-12-24(19-26(25)28)33-20-21-16-22(29(2,3)4)18-23(17-21)30(5,6)7/h12-19,27H,11,20H2,1-10H3. The van der Waals surface area contributed by atoms with Gasteiger partial charge in [-0.3, -0.25) is 4.98 Å². The number of pyridine rings is 1. The van der Waals surface area contributed by atoms with Gasteiger partial charge in [0.25, 0.3) is 0 Å². The number of ether oxygens (including phenoxy) is 1. The molecule has 0 aliphatic heterocycles. The van der Waals surface area contributed by atoms with Gasteiger partial charge in [0.05, 0.1) is 5.52 Å². The van der Waals surface area contributed by atoms with Crippen LogP contribution in [0.25, 0.3) is 10.9 Å². The van der Waals surface area contributed by atoms with Crippen LogP contribution in [0.15, 0.2) is 48.7 Å². The van der Waals surface area contributed by atoms with Gasteiger partial charge in [-0.25, -0.2) is 0 Å². The van der Waals surface area contributed by atoms with Gasteiger partial charge in [0.1, 0.15) is 12.4 Å². The Bertz CT molecular complexity index is 1070. The highest BCUT2D eigenvalue weighted by Gasteiger charge is 2.26. The molecular weight excluding hydrogens is 402 g/mol. The highest BCUT2D eigenvalue weighted by atomic mass is 16.5. The van der Waals surface area contributed by atoms with Crippen LogP contribution in [0.4, 0.5) is 0 Å². The lowest BCUT2D eigenvalue weighted by Gasteiger charge is -2.31. The highest BCUT2D eigenvalue weighted by Crippen LogP contribution is 2.41. The Kier molecular flexibility index (Phi) is 6.99. The molecule has 178 valence electrons. The number of hydrogen-bond acceptors (Lipinski definition) is 2. The summed E-state index contributed by atoms with van der Waals surface area (Å²) in [6, 6.07) is 15.5. The molecule has 1 aromatic heterocycles. The molecule has 0 aliphatic carbocycles. The minimum atomic E-state index is 0.0989. The van der Waals surface area contributed by atoms with Crippen molar-refractivity contribution >= 4 is 10.9 Å². The first kappa shape index (κ1) is 25.3. The second kappa shape index (κ2) is 9.12. The first-order chi connectivity index (χ1) is 15.2. The topological polar surface area (TPSA) is 22.1 Å². The fraction of sp³-hybridized carbons (Fsp3) is 0.516. The van der Waals surface area contributed by atoms with Crippen LogP contribution in [0.5, 0.6) is 5.75 Å². The van der Waals surface area contributed by atoms with E-state index in [0.29, 0.717) is 12.5 Å². The molecule has 0 spiro atoms. The summed E-state index contributed by atoms with van der Waals surface area (Å²) in [5.74, 6) is 1.37. The summed E-state index contributed by atoms with van der Waals surface area (Å²) in [5.41, 5.74) is 6.72. The molecule has 1 unspecified atom stereocenters. The van der Waals surface area contributed by atoms with Crippen LogP contribution >= 0.6 is 0 Å². The molecule has 2 aromatic carbocycles. The SMILES string of the molecule is CCC(c1ccnc2ccc(OCc3cc(C(C)(C)C)cc(C(C)(C)C)c3)cc12)C(C)(C)C. The minimum Gasteiger partial charge on any atom is -0.489 e. The normalized spacial score (nSPS) is 13.9. The lowest BCUT2D eigenvalue weighted by Crippen LogP contribution is -2.18. The van der Waals surface area contributed by atoms with Gasteiger partial charge in [-0.05, 0) is 75.1 Å². The zero-order valence-corrected chi connectivity index (χ0v) is 22.5. The van der Waals surface area contributed by atoms with Crippen LogP contribution in [0.2, 0.25) is 0 Å². The molecule has 1 heterocycles. The Morgan fingerprint density at radius 3 is 1.91 bits per heavy atom. The molecule has 0 amide bonds. The molecule has 2 heteroatoms. The van der Waals surface area contributed by atoms with E-state index < -0.39 is 0 Å². The number of benzene rings is 2. The summed E-state index contributed by atoms with van der Waals surface area (Å²) >= 11 is 0. The molecule has 3 rings (SSSR count). The minimum absolute atomic E-state index is 0.0989. The Labute approximate surface area is 201 Å². The lowest BCUT2D eigenvalue weighted by atomic mass is 9.74. The molecule has 1 atom stereocenters. The molecule has 0 saturated carbocycles. The summed E-state index contributed by atoms with van der Waals surface area (Å²) < 4.78 is 6.36. The molecule has 0 bridgehead atoms. The molecule has 0 radical (unpaired) electrons. The van der Waals surface area contributed by atoms with Gasteiger partial charge in [0.15, 0.2) is 0 Å². The van der Waals surface area contributed by atoms with Crippen LogP contribution in [0, 0.1) is 5.41 Å². The molecule has 0 fully saturated rings. The highest BCUT2D eigenvalue weighted by molar-refractivity contribution is 5.84. The van der Waals surface area contributed by atoms with Gasteiger partial charge in [0.2, 0.25) is 0 Å². The predicted octanol–water partition coefficient (Wildman–Crippen LogP) is 8.95. The second-order valence-electron chi connectivity index (χ2n) is 12.6. The zero-order chi connectivity index (χ0) is 24.6. The van der Waals surface area contributed by atoms with E-state index in [-0.39, 0.29) is 16.2 Å². The molecule has 3 aromatic rings. The van der Waals surface area contributed by atoms with E-state index in [1.807, 2.05) is 6.20 Å². The third kappa shape index (κ3) is 5.96. The van der Waals surface area contributed by atoms with Crippen LogP contribution in [-0.2, 0) is 17.4 Å². The van der Waals surface area contributed by atoms with Crippen molar-refractivity contribution in [1.29, 1.82) is 0 Å². The molecule has 0 aliphatic rings. The fourth-order valence-corrected chi connectivity index (χ4v) is 4.65. The van der Waals surface area contributed by atoms with E-state index >= 15 is 0 Å². The van der Waals surface area contributed by atoms with E-state index in [1.54, 1.807) is 0 Å². The van der Waals surface area contributed by atoms with Gasteiger partial charge in [-0.1, -0.05) is 87.4 Å². The first-order valence-electron chi connectivity index (χ1n) is 12.4. The van der Waals surface area contributed by atoms with Crippen molar-refractivity contribution in [2.45, 2.75) is 99.0 Å². The van der Waals surface area contributed by atoms with Gasteiger partial charge in [0, 0.05) is 11.6 Å². The van der Waals surface area contributed by atoms with Crippen LogP contribution in [-0.4, -0.2) is 4.98 Å². The molecular formula is C31H43NO. The third-order valence-electron chi connectivity index (χ3n) is 6.71. The third-order valence-corrected chi connectivity index (χ3v) is 6.71. The average Bonchev–Trinajstić information content (AvgIpc) is 2.70. The predicted molar refractivity (Wildman–Crippen MR) is 142 cm³/mol. The van der Waals surface area contributed by atoms with Crippen molar-refractivity contribution < 1.29 is 4.74 Å². The van der Waals surface area contributed by atoms with Gasteiger partial charge < -0.3 is 4.74 Å². The number of aromatic nitrogens is 1. The van der Waals surface area contributed by atoms with Crippen molar-refractivity contribution in [2.75, 3.05) is 0 Å². The number of rotatable bonds is 5. The van der Waals surface area contributed by atoms with Crippen molar-refractivity contribution in [1.82, 2.24) is 4.98 Å². The molecule has 2 nitrogen and oxygen atoms in total. The van der Waals surface area contributed by atoms with E-state index in [9.17, 15) is 0 Å². The van der Waals surface area contributed by atoms with Crippen LogP contribution in [0.1, 0.15) is 104 Å². The zero-order valence-electron chi connectivity index (χ0n) is 22.5. The Balaban J connectivity index is 1.96. The van der Waals surface area contributed by atoms with Crippen molar-refractivity contribution in [3.63, 3.8) is 0 Å². The lowest BCUT2D eigenvalue weighted by molar-refractivity contribution is 0.305. The first-order valence-corrected chi connectivity index (χ1v) is 12.4. The summed E-state index contributed by atoms with van der Waals surface area (Å²) in [7, 11) is 0. The van der Waals surface area contributed by atoms with Gasteiger partial charge in [-0.15, -0.1) is 0 Å².